The minimum Gasteiger partial charge on any atom is -0.405 e. The predicted octanol–water partition coefficient (Wildman–Crippen LogP) is 3.81. The molecule has 0 amide bonds. The fourth-order valence-electron chi connectivity index (χ4n) is 5.15. The van der Waals surface area contributed by atoms with E-state index in [1.54, 1.807) is 0 Å². The maximum atomic E-state index is 11.5. The zero-order chi connectivity index (χ0) is 23.9. The topological polar surface area (TPSA) is 54.0 Å². The smallest absolute Gasteiger partial charge is 0.261 e. The fourth-order valence-corrected chi connectivity index (χ4v) is 10.1. The van der Waals surface area contributed by atoms with Crippen molar-refractivity contribution in [3.63, 3.8) is 0 Å². The summed E-state index contributed by atoms with van der Waals surface area (Å²) in [5.74, 6) is -0.734. The maximum Gasteiger partial charge on any atom is 0.261 e. The molecule has 4 rings (SSSR count). The number of halogens is 1. The van der Waals surface area contributed by atoms with E-state index in [-0.39, 0.29) is 23.4 Å². The quantitative estimate of drug-likeness (QED) is 0.308. The van der Waals surface area contributed by atoms with Gasteiger partial charge in [-0.1, -0.05) is 97.4 Å². The SMILES string of the molecule is CC1(C)O[C@@H]2[C@H](O1)[C@@H](CO[Si](c1ccccc1)(c1ccccc1)C(C)(C)C)O[C@H]2C(Br)C=O. The number of ether oxygens (including phenoxy) is 3. The van der Waals surface area contributed by atoms with Gasteiger partial charge in [0, 0.05) is 0 Å². The number of hydrogen-bond donors (Lipinski definition) is 0. The second-order valence-corrected chi connectivity index (χ2v) is 15.6. The molecule has 0 aromatic heterocycles. The van der Waals surface area contributed by atoms with Crippen LogP contribution in [-0.2, 0) is 23.4 Å². The van der Waals surface area contributed by atoms with Crippen molar-refractivity contribution >= 4 is 40.9 Å². The molecular weight excluding hydrogens is 500 g/mol. The summed E-state index contributed by atoms with van der Waals surface area (Å²) in [5.41, 5.74) is 0. The van der Waals surface area contributed by atoms with Crippen molar-refractivity contribution in [1.29, 1.82) is 0 Å². The molecule has 33 heavy (non-hydrogen) atoms. The number of alkyl halides is 1. The van der Waals surface area contributed by atoms with Crippen LogP contribution in [0.4, 0.5) is 0 Å². The van der Waals surface area contributed by atoms with Crippen LogP contribution in [0, 0.1) is 0 Å². The van der Waals surface area contributed by atoms with Crippen LogP contribution in [0.2, 0.25) is 5.04 Å². The van der Waals surface area contributed by atoms with Gasteiger partial charge in [-0.2, -0.15) is 0 Å². The Bertz CT molecular complexity index is 907. The van der Waals surface area contributed by atoms with Crippen molar-refractivity contribution in [2.45, 2.75) is 74.7 Å². The summed E-state index contributed by atoms with van der Waals surface area (Å²) >= 11 is 3.44. The summed E-state index contributed by atoms with van der Waals surface area (Å²) in [6.07, 6.45) is -0.557. The van der Waals surface area contributed by atoms with Crippen LogP contribution in [0.3, 0.4) is 0 Å². The van der Waals surface area contributed by atoms with Crippen LogP contribution in [0.25, 0.3) is 0 Å². The average molecular weight is 534 g/mol. The van der Waals surface area contributed by atoms with Gasteiger partial charge in [0.15, 0.2) is 5.79 Å². The number of hydrogen-bond acceptors (Lipinski definition) is 5. The predicted molar refractivity (Wildman–Crippen MR) is 135 cm³/mol. The van der Waals surface area contributed by atoms with Gasteiger partial charge in [0.25, 0.3) is 8.32 Å². The zero-order valence-electron chi connectivity index (χ0n) is 19.9. The second-order valence-electron chi connectivity index (χ2n) is 10.3. The first kappa shape index (κ1) is 24.8. The molecule has 2 saturated heterocycles. The van der Waals surface area contributed by atoms with Gasteiger partial charge in [-0.15, -0.1) is 0 Å². The second kappa shape index (κ2) is 9.36. The molecule has 2 aliphatic heterocycles. The molecule has 0 radical (unpaired) electrons. The molecule has 2 heterocycles. The highest BCUT2D eigenvalue weighted by Crippen LogP contribution is 2.42. The summed E-state index contributed by atoms with van der Waals surface area (Å²) in [5, 5.41) is 2.29. The van der Waals surface area contributed by atoms with E-state index in [0.717, 1.165) is 6.29 Å². The standard InChI is InChI=1S/C26H33BrO5Si/c1-25(2,3)33(18-12-8-6-9-13-18,19-14-10-7-11-15-19)29-17-21-23-24(32-26(4,5)31-23)22(30-21)20(27)16-28/h6-16,20-24H,17H2,1-5H3/t20?,21-,22+,23-,24+/m1/s1. The van der Waals surface area contributed by atoms with Gasteiger partial charge in [-0.05, 0) is 29.3 Å². The molecule has 2 fully saturated rings. The third-order valence-corrected chi connectivity index (χ3v) is 12.3. The average Bonchev–Trinajstić information content (AvgIpc) is 3.27. The molecule has 0 bridgehead atoms. The molecule has 2 aromatic carbocycles. The van der Waals surface area contributed by atoms with E-state index >= 15 is 0 Å². The molecule has 2 aliphatic rings. The first-order valence-corrected chi connectivity index (χ1v) is 14.3. The lowest BCUT2D eigenvalue weighted by Crippen LogP contribution is -2.67. The first-order chi connectivity index (χ1) is 15.6. The van der Waals surface area contributed by atoms with Gasteiger partial charge >= 0.3 is 0 Å². The lowest BCUT2D eigenvalue weighted by molar-refractivity contribution is -0.189. The Labute approximate surface area is 206 Å². The molecule has 0 aliphatic carbocycles. The summed E-state index contributed by atoms with van der Waals surface area (Å²) < 4.78 is 25.7. The molecule has 1 unspecified atom stereocenters. The van der Waals surface area contributed by atoms with Crippen molar-refractivity contribution in [3.05, 3.63) is 60.7 Å². The first-order valence-electron chi connectivity index (χ1n) is 11.4. The molecule has 2 aromatic rings. The maximum absolute atomic E-state index is 11.5. The van der Waals surface area contributed by atoms with Gasteiger partial charge in [0.2, 0.25) is 0 Å². The molecule has 0 spiro atoms. The minimum atomic E-state index is -2.71. The summed E-state index contributed by atoms with van der Waals surface area (Å²) in [6, 6.07) is 21.0. The number of aldehydes is 1. The Balaban J connectivity index is 1.70. The van der Waals surface area contributed by atoms with Crippen molar-refractivity contribution in [3.8, 4) is 0 Å². The highest BCUT2D eigenvalue weighted by atomic mass is 79.9. The number of fused-ring (bicyclic) bond motifs is 1. The van der Waals surface area contributed by atoms with Crippen LogP contribution in [-0.4, -0.2) is 56.2 Å². The van der Waals surface area contributed by atoms with E-state index in [0.29, 0.717) is 6.61 Å². The summed E-state index contributed by atoms with van der Waals surface area (Å²) in [4.78, 5) is 11.0. The molecular formula is C26H33BrO5Si. The van der Waals surface area contributed by atoms with Crippen LogP contribution in [0.1, 0.15) is 34.6 Å². The Hall–Kier alpha value is -1.35. The fraction of sp³-hybridized carbons (Fsp3) is 0.500. The molecule has 178 valence electrons. The highest BCUT2D eigenvalue weighted by Gasteiger charge is 2.58. The molecule has 0 saturated carbocycles. The van der Waals surface area contributed by atoms with E-state index in [1.807, 2.05) is 26.0 Å². The van der Waals surface area contributed by atoms with E-state index in [2.05, 4.69) is 85.2 Å². The lowest BCUT2D eigenvalue weighted by atomic mass is 10.1. The zero-order valence-corrected chi connectivity index (χ0v) is 22.4. The molecule has 0 N–H and O–H groups in total. The van der Waals surface area contributed by atoms with Crippen molar-refractivity contribution in [2.24, 2.45) is 0 Å². The molecule has 7 heteroatoms. The van der Waals surface area contributed by atoms with E-state index in [1.165, 1.54) is 10.4 Å². The third kappa shape index (κ3) is 4.64. The monoisotopic (exact) mass is 532 g/mol. The van der Waals surface area contributed by atoms with Crippen LogP contribution in [0.15, 0.2) is 60.7 Å². The van der Waals surface area contributed by atoms with Gasteiger partial charge in [-0.25, -0.2) is 0 Å². The number of rotatable bonds is 7. The largest absolute Gasteiger partial charge is 0.405 e. The molecule has 5 nitrogen and oxygen atoms in total. The van der Waals surface area contributed by atoms with Crippen LogP contribution < -0.4 is 10.4 Å². The molecule has 5 atom stereocenters. The van der Waals surface area contributed by atoms with E-state index < -0.39 is 25.0 Å². The Morgan fingerprint density at radius 2 is 1.52 bits per heavy atom. The third-order valence-electron chi connectivity index (χ3n) is 6.51. The summed E-state index contributed by atoms with van der Waals surface area (Å²) in [6.45, 7) is 10.9. The highest BCUT2D eigenvalue weighted by molar-refractivity contribution is 9.10. The lowest BCUT2D eigenvalue weighted by Gasteiger charge is -2.43. The van der Waals surface area contributed by atoms with Crippen molar-refractivity contribution < 1.29 is 23.4 Å². The number of carbonyl (C=O) groups is 1. The van der Waals surface area contributed by atoms with Gasteiger partial charge < -0.3 is 23.4 Å². The summed E-state index contributed by atoms with van der Waals surface area (Å²) in [7, 11) is -2.71. The van der Waals surface area contributed by atoms with Crippen molar-refractivity contribution in [2.75, 3.05) is 6.61 Å². The van der Waals surface area contributed by atoms with Gasteiger partial charge in [-0.3, -0.25) is 0 Å². The van der Waals surface area contributed by atoms with Crippen LogP contribution in [0.5, 0.6) is 0 Å². The normalized spacial score (nSPS) is 27.8. The minimum absolute atomic E-state index is 0.139. The van der Waals surface area contributed by atoms with Gasteiger partial charge in [0.05, 0.1) is 11.4 Å². The number of benzene rings is 2. The Morgan fingerprint density at radius 3 is 2.00 bits per heavy atom. The number of carbonyl (C=O) groups excluding carboxylic acids is 1. The Kier molecular flexibility index (Phi) is 7.02. The van der Waals surface area contributed by atoms with E-state index in [4.69, 9.17) is 18.6 Å². The van der Waals surface area contributed by atoms with E-state index in [9.17, 15) is 4.79 Å². The Morgan fingerprint density at radius 1 is 1.00 bits per heavy atom. The van der Waals surface area contributed by atoms with Crippen LogP contribution >= 0.6 is 15.9 Å². The van der Waals surface area contributed by atoms with Crippen molar-refractivity contribution in [1.82, 2.24) is 0 Å². The van der Waals surface area contributed by atoms with Gasteiger partial charge in [0.1, 0.15) is 30.7 Å².